The second kappa shape index (κ2) is 6.45. The zero-order chi connectivity index (χ0) is 8.49. The molecule has 1 aliphatic carbocycles. The van der Waals surface area contributed by atoms with Gasteiger partial charge in [-0.25, -0.2) is 0 Å². The Balaban J connectivity index is 2.56. The van der Waals surface area contributed by atoms with Crippen LogP contribution in [0.4, 0.5) is 0 Å². The molecule has 0 aromatic rings. The first-order valence-corrected chi connectivity index (χ1v) is 4.39. The third kappa shape index (κ3) is 4.54. The van der Waals surface area contributed by atoms with Crippen LogP contribution < -0.4 is 0 Å². The Hall–Kier alpha value is -1.26. The smallest absolute Gasteiger partial charge is 0.0203 e. The standard InChI is InChI=1S/C12H14/c1-2-4-6-8-10-12-11-9-7-5-3-1/h1-7,11H,8,10,12H2/b2-1+,5-3-,6-4+. The van der Waals surface area contributed by atoms with Crippen molar-refractivity contribution in [1.29, 1.82) is 0 Å². The van der Waals surface area contributed by atoms with E-state index < -0.39 is 0 Å². The topological polar surface area (TPSA) is 0 Å². The monoisotopic (exact) mass is 158 g/mol. The fourth-order valence-electron chi connectivity index (χ4n) is 0.967. The molecule has 0 heterocycles. The van der Waals surface area contributed by atoms with E-state index in [1.165, 1.54) is 6.42 Å². The normalized spacial score (nSPS) is 25.3. The summed E-state index contributed by atoms with van der Waals surface area (Å²) in [5, 5.41) is 0. The van der Waals surface area contributed by atoms with Crippen molar-refractivity contribution in [3.63, 3.8) is 0 Å². The molecule has 0 amide bonds. The zero-order valence-corrected chi connectivity index (χ0v) is 7.24. The summed E-state index contributed by atoms with van der Waals surface area (Å²) in [6.07, 6.45) is 19.9. The van der Waals surface area contributed by atoms with Gasteiger partial charge in [0.05, 0.1) is 0 Å². The molecular formula is C12H14. The van der Waals surface area contributed by atoms with Crippen molar-refractivity contribution < 1.29 is 0 Å². The fourth-order valence-corrected chi connectivity index (χ4v) is 0.967. The molecule has 0 atom stereocenters. The number of rotatable bonds is 0. The van der Waals surface area contributed by atoms with Gasteiger partial charge in [-0.1, -0.05) is 36.5 Å². The van der Waals surface area contributed by atoms with Crippen molar-refractivity contribution in [2.75, 3.05) is 0 Å². The van der Waals surface area contributed by atoms with Gasteiger partial charge >= 0.3 is 0 Å². The predicted octanol–water partition coefficient (Wildman–Crippen LogP) is 3.55. The Morgan fingerprint density at radius 2 is 1.67 bits per heavy atom. The first-order valence-electron chi connectivity index (χ1n) is 4.39. The number of allylic oxidation sites excluding steroid dienone is 7. The lowest BCUT2D eigenvalue weighted by Crippen LogP contribution is -1.67. The first-order chi connectivity index (χ1) is 6.00. The molecule has 0 fully saturated rings. The summed E-state index contributed by atoms with van der Waals surface area (Å²) in [4.78, 5) is 0. The van der Waals surface area contributed by atoms with Gasteiger partial charge in [-0.2, -0.15) is 0 Å². The van der Waals surface area contributed by atoms with E-state index in [0.29, 0.717) is 0 Å². The third-order valence-electron chi connectivity index (χ3n) is 1.61. The molecule has 0 aromatic carbocycles. The van der Waals surface area contributed by atoms with Crippen LogP contribution in [-0.2, 0) is 0 Å². The number of hydrogen-bond donors (Lipinski definition) is 0. The van der Waals surface area contributed by atoms with Crippen molar-refractivity contribution in [3.05, 3.63) is 54.3 Å². The maximum atomic E-state index is 3.11. The van der Waals surface area contributed by atoms with E-state index in [1.54, 1.807) is 0 Å². The highest BCUT2D eigenvalue weighted by Crippen LogP contribution is 1.98. The summed E-state index contributed by atoms with van der Waals surface area (Å²) in [5.74, 6) is 0. The lowest BCUT2D eigenvalue weighted by molar-refractivity contribution is 0.869. The van der Waals surface area contributed by atoms with Gasteiger partial charge in [-0.3, -0.25) is 0 Å². The van der Waals surface area contributed by atoms with Gasteiger partial charge in [0.2, 0.25) is 0 Å². The molecule has 1 aliphatic rings. The second-order valence-corrected chi connectivity index (χ2v) is 2.67. The van der Waals surface area contributed by atoms with Crippen LogP contribution >= 0.6 is 0 Å². The summed E-state index contributed by atoms with van der Waals surface area (Å²) in [7, 11) is 0. The molecule has 0 unspecified atom stereocenters. The molecule has 62 valence electrons. The Morgan fingerprint density at radius 3 is 2.67 bits per heavy atom. The van der Waals surface area contributed by atoms with Crippen molar-refractivity contribution >= 4 is 0 Å². The summed E-state index contributed by atoms with van der Waals surface area (Å²) < 4.78 is 0. The maximum Gasteiger partial charge on any atom is -0.0203 e. The summed E-state index contributed by atoms with van der Waals surface area (Å²) in [6, 6.07) is 0. The number of hydrogen-bond acceptors (Lipinski definition) is 0. The lowest BCUT2D eigenvalue weighted by atomic mass is 10.2. The van der Waals surface area contributed by atoms with Crippen molar-refractivity contribution in [1.82, 2.24) is 0 Å². The Morgan fingerprint density at radius 1 is 0.833 bits per heavy atom. The summed E-state index contributed by atoms with van der Waals surface area (Å²) in [5.41, 5.74) is 3.11. The van der Waals surface area contributed by atoms with Gasteiger partial charge in [0.25, 0.3) is 0 Å². The minimum atomic E-state index is 1.12. The van der Waals surface area contributed by atoms with Gasteiger partial charge in [0.15, 0.2) is 0 Å². The van der Waals surface area contributed by atoms with E-state index in [2.05, 4.69) is 30.0 Å². The fraction of sp³-hybridized carbons (Fsp3) is 0.250. The minimum Gasteiger partial charge on any atom is -0.125 e. The molecule has 12 heavy (non-hydrogen) atoms. The van der Waals surface area contributed by atoms with Gasteiger partial charge in [0, 0.05) is 0 Å². The van der Waals surface area contributed by atoms with Crippen LogP contribution in [-0.4, -0.2) is 0 Å². The van der Waals surface area contributed by atoms with Crippen LogP contribution in [0.3, 0.4) is 0 Å². The van der Waals surface area contributed by atoms with Gasteiger partial charge in [0.1, 0.15) is 0 Å². The first kappa shape index (κ1) is 8.83. The van der Waals surface area contributed by atoms with E-state index in [4.69, 9.17) is 0 Å². The summed E-state index contributed by atoms with van der Waals surface area (Å²) in [6.45, 7) is 0. The van der Waals surface area contributed by atoms with Crippen LogP contribution in [0.25, 0.3) is 0 Å². The molecule has 0 nitrogen and oxygen atoms in total. The highest BCUT2D eigenvalue weighted by Gasteiger charge is 1.78. The minimum absolute atomic E-state index is 1.12. The van der Waals surface area contributed by atoms with Gasteiger partial charge in [-0.15, -0.1) is 5.73 Å². The van der Waals surface area contributed by atoms with E-state index in [9.17, 15) is 0 Å². The molecule has 0 N–H and O–H groups in total. The highest BCUT2D eigenvalue weighted by molar-refractivity contribution is 5.15. The molecule has 0 saturated carbocycles. The molecule has 0 bridgehead atoms. The van der Waals surface area contributed by atoms with Crippen molar-refractivity contribution in [2.45, 2.75) is 19.3 Å². The van der Waals surface area contributed by atoms with E-state index >= 15 is 0 Å². The molecule has 0 heteroatoms. The Bertz CT molecular complexity index is 245. The average molecular weight is 158 g/mol. The average Bonchev–Trinajstić information content (AvgIpc) is 2.05. The van der Waals surface area contributed by atoms with Gasteiger partial charge < -0.3 is 0 Å². The van der Waals surface area contributed by atoms with Crippen LogP contribution in [0, 0.1) is 0 Å². The van der Waals surface area contributed by atoms with Crippen LogP contribution in [0.1, 0.15) is 19.3 Å². The van der Waals surface area contributed by atoms with Crippen LogP contribution in [0.2, 0.25) is 0 Å². The molecule has 0 aromatic heterocycles. The predicted molar refractivity (Wildman–Crippen MR) is 53.9 cm³/mol. The molecule has 0 spiro atoms. The van der Waals surface area contributed by atoms with Gasteiger partial charge in [-0.05, 0) is 31.4 Å². The zero-order valence-electron chi connectivity index (χ0n) is 7.24. The summed E-state index contributed by atoms with van der Waals surface area (Å²) >= 11 is 0. The molecule has 0 aliphatic heterocycles. The lowest BCUT2D eigenvalue weighted by Gasteiger charge is -1.87. The molecule has 0 saturated heterocycles. The maximum absolute atomic E-state index is 3.11. The molecule has 0 radical (unpaired) electrons. The quantitative estimate of drug-likeness (QED) is 0.473. The van der Waals surface area contributed by atoms with Crippen molar-refractivity contribution in [3.8, 4) is 0 Å². The van der Waals surface area contributed by atoms with Crippen molar-refractivity contribution in [2.24, 2.45) is 0 Å². The Kier molecular flexibility index (Phi) is 4.75. The highest BCUT2D eigenvalue weighted by atomic mass is 13.8. The largest absolute Gasteiger partial charge is 0.125 e. The Labute approximate surface area is 74.3 Å². The van der Waals surface area contributed by atoms with E-state index in [0.717, 1.165) is 12.8 Å². The van der Waals surface area contributed by atoms with Crippen LogP contribution in [0.15, 0.2) is 54.3 Å². The molecular weight excluding hydrogens is 144 g/mol. The SMILES string of the molecule is C1=C\C=C/C=C/C=C/CCCC=1. The van der Waals surface area contributed by atoms with Crippen LogP contribution in [0.5, 0.6) is 0 Å². The van der Waals surface area contributed by atoms with E-state index in [1.807, 2.05) is 24.3 Å². The molecule has 1 rings (SSSR count). The third-order valence-corrected chi connectivity index (χ3v) is 1.61. The van der Waals surface area contributed by atoms with E-state index in [-0.39, 0.29) is 0 Å². The second-order valence-electron chi connectivity index (χ2n) is 2.67.